The second-order valence-electron chi connectivity index (χ2n) is 7.92. The van der Waals surface area contributed by atoms with Crippen molar-refractivity contribution in [2.75, 3.05) is 5.75 Å². The van der Waals surface area contributed by atoms with Crippen molar-refractivity contribution in [1.29, 1.82) is 0 Å². The van der Waals surface area contributed by atoms with Crippen molar-refractivity contribution >= 4 is 39.9 Å². The number of rotatable bonds is 3. The van der Waals surface area contributed by atoms with E-state index in [0.29, 0.717) is 5.75 Å². The van der Waals surface area contributed by atoms with Crippen LogP contribution in [0.4, 0.5) is 0 Å². The van der Waals surface area contributed by atoms with Crippen LogP contribution in [0.1, 0.15) is 55.4 Å². The van der Waals surface area contributed by atoms with Crippen LogP contribution in [0.25, 0.3) is 10.9 Å². The van der Waals surface area contributed by atoms with Gasteiger partial charge in [0.05, 0.1) is 17.0 Å². The molecule has 136 valence electrons. The summed E-state index contributed by atoms with van der Waals surface area (Å²) in [6, 6.07) is 8.34. The van der Waals surface area contributed by atoms with Crippen molar-refractivity contribution < 1.29 is 4.79 Å². The number of fused-ring (bicyclic) bond motifs is 3. The summed E-state index contributed by atoms with van der Waals surface area (Å²) in [5.74, 6) is 0.601. The lowest BCUT2D eigenvalue weighted by atomic mass is 9.93. The van der Waals surface area contributed by atoms with Gasteiger partial charge in [-0.3, -0.25) is 9.36 Å². The topological polar surface area (TPSA) is 34.9 Å². The summed E-state index contributed by atoms with van der Waals surface area (Å²) < 4.78 is 2.96. The molecule has 0 spiro atoms. The zero-order valence-electron chi connectivity index (χ0n) is 15.5. The van der Waals surface area contributed by atoms with Crippen molar-refractivity contribution in [3.05, 3.63) is 46.6 Å². The van der Waals surface area contributed by atoms with E-state index < -0.39 is 0 Å². The number of thioether (sulfide) groups is 1. The largest absolute Gasteiger partial charge is 0.283 e. The van der Waals surface area contributed by atoms with E-state index >= 15 is 0 Å². The fourth-order valence-electron chi connectivity index (χ4n) is 3.64. The predicted molar refractivity (Wildman–Crippen MR) is 111 cm³/mol. The highest BCUT2D eigenvalue weighted by Crippen LogP contribution is 2.33. The third kappa shape index (κ3) is 3.23. The minimum atomic E-state index is 0.0506. The number of carbonyl (C=O) groups excluding carboxylic acids is 1. The SMILES string of the molecule is CC(C)(C)c1csc(SCC(=O)n2c3c(c4ccccc42)CCCC3)n1. The fourth-order valence-corrected chi connectivity index (χ4v) is 5.54. The molecule has 1 aliphatic rings. The summed E-state index contributed by atoms with van der Waals surface area (Å²) in [5, 5.41) is 3.37. The molecule has 4 rings (SSSR count). The van der Waals surface area contributed by atoms with Gasteiger partial charge in [0.15, 0.2) is 4.34 Å². The first-order chi connectivity index (χ1) is 12.4. The molecule has 0 unspecified atom stereocenters. The summed E-state index contributed by atoms with van der Waals surface area (Å²) in [6.45, 7) is 6.50. The van der Waals surface area contributed by atoms with Crippen LogP contribution >= 0.6 is 23.1 Å². The molecule has 5 heteroatoms. The number of aryl methyl sites for hydroxylation is 1. The molecule has 0 saturated heterocycles. The molecule has 0 saturated carbocycles. The summed E-state index contributed by atoms with van der Waals surface area (Å²) in [6.07, 6.45) is 4.49. The van der Waals surface area contributed by atoms with E-state index in [4.69, 9.17) is 4.98 Å². The predicted octanol–water partition coefficient (Wildman–Crippen LogP) is 5.71. The third-order valence-electron chi connectivity index (χ3n) is 5.00. The zero-order valence-corrected chi connectivity index (χ0v) is 17.2. The summed E-state index contributed by atoms with van der Waals surface area (Å²) in [4.78, 5) is 17.8. The average molecular weight is 385 g/mol. The van der Waals surface area contributed by atoms with Crippen LogP contribution in [-0.2, 0) is 18.3 Å². The molecular weight excluding hydrogens is 360 g/mol. The molecule has 0 atom stereocenters. The number of benzene rings is 1. The maximum absolute atomic E-state index is 13.1. The van der Waals surface area contributed by atoms with Gasteiger partial charge in [-0.2, -0.15) is 0 Å². The molecule has 0 amide bonds. The van der Waals surface area contributed by atoms with Crippen molar-refractivity contribution in [3.63, 3.8) is 0 Å². The molecule has 2 aromatic heterocycles. The first-order valence-corrected chi connectivity index (χ1v) is 11.0. The van der Waals surface area contributed by atoms with Gasteiger partial charge in [0.25, 0.3) is 0 Å². The molecule has 0 aliphatic heterocycles. The summed E-state index contributed by atoms with van der Waals surface area (Å²) >= 11 is 3.20. The van der Waals surface area contributed by atoms with Gasteiger partial charge >= 0.3 is 0 Å². The Hall–Kier alpha value is -1.59. The molecule has 2 heterocycles. The van der Waals surface area contributed by atoms with E-state index in [1.807, 2.05) is 10.6 Å². The maximum Gasteiger partial charge on any atom is 0.241 e. The molecular formula is C21H24N2OS2. The molecule has 3 aromatic rings. The lowest BCUT2D eigenvalue weighted by Crippen LogP contribution is -2.18. The van der Waals surface area contributed by atoms with Gasteiger partial charge in [-0.05, 0) is 37.3 Å². The minimum Gasteiger partial charge on any atom is -0.283 e. The van der Waals surface area contributed by atoms with Crippen molar-refractivity contribution in [1.82, 2.24) is 9.55 Å². The standard InChI is InChI=1S/C21H24N2OS2/c1-21(2,3)18-12-25-20(22-18)26-13-19(24)23-16-10-6-4-8-14(16)15-9-5-7-11-17(15)23/h4,6,8,10,12H,5,7,9,11,13H2,1-3H3. The number of aromatic nitrogens is 2. The van der Waals surface area contributed by atoms with E-state index in [-0.39, 0.29) is 11.3 Å². The van der Waals surface area contributed by atoms with Crippen molar-refractivity contribution in [2.24, 2.45) is 0 Å². The molecule has 1 aromatic carbocycles. The van der Waals surface area contributed by atoms with Gasteiger partial charge in [0.2, 0.25) is 5.91 Å². The Morgan fingerprint density at radius 2 is 2.00 bits per heavy atom. The molecule has 26 heavy (non-hydrogen) atoms. The van der Waals surface area contributed by atoms with E-state index in [1.165, 1.54) is 29.5 Å². The van der Waals surface area contributed by atoms with Gasteiger partial charge in [-0.15, -0.1) is 11.3 Å². The van der Waals surface area contributed by atoms with E-state index in [0.717, 1.165) is 28.4 Å². The summed E-state index contributed by atoms with van der Waals surface area (Å²) in [5.41, 5.74) is 4.84. The van der Waals surface area contributed by atoms with Crippen LogP contribution < -0.4 is 0 Å². The van der Waals surface area contributed by atoms with E-state index in [2.05, 4.69) is 44.4 Å². The van der Waals surface area contributed by atoms with E-state index in [1.54, 1.807) is 23.1 Å². The van der Waals surface area contributed by atoms with Gasteiger partial charge in [0.1, 0.15) is 0 Å². The van der Waals surface area contributed by atoms with Gasteiger partial charge < -0.3 is 0 Å². The lowest BCUT2D eigenvalue weighted by molar-refractivity contribution is 0.0943. The summed E-state index contributed by atoms with van der Waals surface area (Å²) in [7, 11) is 0. The maximum atomic E-state index is 13.1. The Morgan fingerprint density at radius 3 is 2.77 bits per heavy atom. The lowest BCUT2D eigenvalue weighted by Gasteiger charge is -2.15. The van der Waals surface area contributed by atoms with Crippen LogP contribution in [0.15, 0.2) is 34.0 Å². The van der Waals surface area contributed by atoms with Gasteiger partial charge in [-0.25, -0.2) is 4.98 Å². The Labute approximate surface area is 162 Å². The Balaban J connectivity index is 1.60. The Bertz CT molecular complexity index is 962. The molecule has 3 nitrogen and oxygen atoms in total. The van der Waals surface area contributed by atoms with Crippen molar-refractivity contribution in [3.8, 4) is 0 Å². The number of nitrogens with zero attached hydrogens (tertiary/aromatic N) is 2. The highest BCUT2D eigenvalue weighted by atomic mass is 32.2. The van der Waals surface area contributed by atoms with Gasteiger partial charge in [0, 0.05) is 21.9 Å². The second kappa shape index (κ2) is 6.86. The quantitative estimate of drug-likeness (QED) is 0.543. The first-order valence-electron chi connectivity index (χ1n) is 9.18. The average Bonchev–Trinajstić information content (AvgIpc) is 3.22. The minimum absolute atomic E-state index is 0.0506. The number of carbonyl (C=O) groups is 1. The Morgan fingerprint density at radius 1 is 1.23 bits per heavy atom. The molecule has 0 fully saturated rings. The van der Waals surface area contributed by atoms with Crippen LogP contribution in [-0.4, -0.2) is 21.2 Å². The van der Waals surface area contributed by atoms with E-state index in [9.17, 15) is 4.79 Å². The fraction of sp³-hybridized carbons (Fsp3) is 0.429. The first kappa shape index (κ1) is 17.8. The number of para-hydroxylation sites is 1. The zero-order chi connectivity index (χ0) is 18.3. The third-order valence-corrected chi connectivity index (χ3v) is 7.00. The molecule has 0 N–H and O–H groups in total. The smallest absolute Gasteiger partial charge is 0.241 e. The highest BCUT2D eigenvalue weighted by Gasteiger charge is 2.23. The molecule has 0 radical (unpaired) electrons. The van der Waals surface area contributed by atoms with Crippen LogP contribution in [0.3, 0.4) is 0 Å². The van der Waals surface area contributed by atoms with Crippen LogP contribution in [0.2, 0.25) is 0 Å². The molecule has 0 bridgehead atoms. The Kier molecular flexibility index (Phi) is 4.70. The monoisotopic (exact) mass is 384 g/mol. The van der Waals surface area contributed by atoms with Crippen molar-refractivity contribution in [2.45, 2.75) is 56.2 Å². The number of hydrogen-bond donors (Lipinski definition) is 0. The highest BCUT2D eigenvalue weighted by molar-refractivity contribution is 8.01. The van der Waals surface area contributed by atoms with Gasteiger partial charge in [-0.1, -0.05) is 50.7 Å². The normalized spacial score (nSPS) is 14.6. The second-order valence-corrected chi connectivity index (χ2v) is 10.00. The van der Waals surface area contributed by atoms with Crippen LogP contribution in [0.5, 0.6) is 0 Å². The van der Waals surface area contributed by atoms with Crippen LogP contribution in [0, 0.1) is 0 Å². The number of thiazole rings is 1. The number of hydrogen-bond acceptors (Lipinski definition) is 4. The molecule has 1 aliphatic carbocycles.